The molecule has 1 N–H and O–H groups in total. The van der Waals surface area contributed by atoms with E-state index in [2.05, 4.69) is 0 Å². The highest BCUT2D eigenvalue weighted by Gasteiger charge is 2.47. The van der Waals surface area contributed by atoms with Crippen molar-refractivity contribution >= 4 is 23.1 Å². The lowest BCUT2D eigenvalue weighted by Crippen LogP contribution is -2.29. The minimum Gasteiger partial charge on any atom is -0.507 e. The van der Waals surface area contributed by atoms with Gasteiger partial charge in [0.05, 0.1) is 39.0 Å². The molecule has 38 heavy (non-hydrogen) atoms. The van der Waals surface area contributed by atoms with Crippen LogP contribution in [0.2, 0.25) is 0 Å². The van der Waals surface area contributed by atoms with Crippen LogP contribution in [0, 0.1) is 6.92 Å². The van der Waals surface area contributed by atoms with Gasteiger partial charge in [0.1, 0.15) is 17.3 Å². The first-order valence-electron chi connectivity index (χ1n) is 12.3. The molecule has 1 aliphatic heterocycles. The number of carbonyl (C=O) groups is 2. The van der Waals surface area contributed by atoms with Gasteiger partial charge < -0.3 is 24.1 Å². The van der Waals surface area contributed by atoms with E-state index < -0.39 is 17.7 Å². The van der Waals surface area contributed by atoms with Gasteiger partial charge in [0.25, 0.3) is 11.7 Å². The first-order valence-corrected chi connectivity index (χ1v) is 12.3. The molecule has 0 radical (unpaired) electrons. The summed E-state index contributed by atoms with van der Waals surface area (Å²) in [7, 11) is 3.03. The average Bonchev–Trinajstić information content (AvgIpc) is 3.19. The monoisotopic (exact) mass is 517 g/mol. The number of aryl methyl sites for hydroxylation is 1. The minimum absolute atomic E-state index is 0.0346. The fraction of sp³-hybridized carbons (Fsp3) is 0.267. The zero-order valence-corrected chi connectivity index (χ0v) is 22.1. The SMILES string of the molecule is CCOc1cccc(N2C(=O)C(=O)/C(=C(\O)c3ccc(OCC)c(C)c3)C2c2ccc(OC)c(OC)c2)c1. The molecule has 1 amide bonds. The summed E-state index contributed by atoms with van der Waals surface area (Å²) in [5, 5.41) is 11.5. The Morgan fingerprint density at radius 2 is 1.58 bits per heavy atom. The summed E-state index contributed by atoms with van der Waals surface area (Å²) >= 11 is 0. The summed E-state index contributed by atoms with van der Waals surface area (Å²) in [5.74, 6) is 0.314. The number of methoxy groups -OCH3 is 2. The Morgan fingerprint density at radius 3 is 2.24 bits per heavy atom. The van der Waals surface area contributed by atoms with Crippen molar-refractivity contribution in [2.75, 3.05) is 32.3 Å². The maximum Gasteiger partial charge on any atom is 0.300 e. The number of hydrogen-bond donors (Lipinski definition) is 1. The van der Waals surface area contributed by atoms with Gasteiger partial charge in [0, 0.05) is 17.3 Å². The van der Waals surface area contributed by atoms with Crippen molar-refractivity contribution in [3.05, 3.63) is 82.9 Å². The number of anilines is 1. The maximum atomic E-state index is 13.5. The summed E-state index contributed by atoms with van der Waals surface area (Å²) < 4.78 is 22.1. The van der Waals surface area contributed by atoms with Crippen LogP contribution in [0.4, 0.5) is 5.69 Å². The Morgan fingerprint density at radius 1 is 0.868 bits per heavy atom. The van der Waals surface area contributed by atoms with Crippen molar-refractivity contribution in [1.82, 2.24) is 0 Å². The van der Waals surface area contributed by atoms with Gasteiger partial charge in [-0.25, -0.2) is 0 Å². The van der Waals surface area contributed by atoms with Crippen molar-refractivity contribution in [2.45, 2.75) is 26.8 Å². The molecule has 1 heterocycles. The molecule has 0 aliphatic carbocycles. The smallest absolute Gasteiger partial charge is 0.300 e. The largest absolute Gasteiger partial charge is 0.507 e. The third-order valence-corrected chi connectivity index (χ3v) is 6.32. The lowest BCUT2D eigenvalue weighted by atomic mass is 9.94. The van der Waals surface area contributed by atoms with E-state index >= 15 is 0 Å². The molecule has 0 bridgehead atoms. The molecule has 3 aromatic carbocycles. The molecule has 8 heteroatoms. The molecule has 4 rings (SSSR count). The van der Waals surface area contributed by atoms with Gasteiger partial charge in [0.2, 0.25) is 0 Å². The first-order chi connectivity index (χ1) is 18.3. The Hall–Kier alpha value is -4.46. The molecule has 1 fully saturated rings. The molecule has 1 unspecified atom stereocenters. The molecule has 1 saturated heterocycles. The number of aliphatic hydroxyl groups is 1. The second-order valence-corrected chi connectivity index (χ2v) is 8.63. The number of carbonyl (C=O) groups excluding carboxylic acids is 2. The highest BCUT2D eigenvalue weighted by molar-refractivity contribution is 6.51. The van der Waals surface area contributed by atoms with Crippen LogP contribution in [0.25, 0.3) is 5.76 Å². The summed E-state index contributed by atoms with van der Waals surface area (Å²) in [6.45, 7) is 6.54. The van der Waals surface area contributed by atoms with Gasteiger partial charge in [0.15, 0.2) is 11.5 Å². The molecule has 1 aliphatic rings. The van der Waals surface area contributed by atoms with Crippen molar-refractivity contribution < 1.29 is 33.6 Å². The average molecular weight is 518 g/mol. The number of nitrogens with zero attached hydrogens (tertiary/aromatic N) is 1. The quantitative estimate of drug-likeness (QED) is 0.230. The third-order valence-electron chi connectivity index (χ3n) is 6.32. The standard InChI is InChI=1S/C30H31NO7/c1-6-37-22-10-8-9-21(17-22)31-27(19-11-14-24(35-4)25(16-19)36-5)26(29(33)30(31)34)28(32)20-12-13-23(38-7-2)18(3)15-20/h8-17,27,32H,6-7H2,1-5H3/b28-26-. The minimum atomic E-state index is -0.932. The van der Waals surface area contributed by atoms with Crippen LogP contribution in [-0.4, -0.2) is 44.2 Å². The Balaban J connectivity index is 1.94. The van der Waals surface area contributed by atoms with Crippen LogP contribution in [0.3, 0.4) is 0 Å². The first kappa shape index (κ1) is 26.6. The predicted molar refractivity (Wildman–Crippen MR) is 144 cm³/mol. The molecule has 0 saturated carbocycles. The second-order valence-electron chi connectivity index (χ2n) is 8.63. The van der Waals surface area contributed by atoms with Crippen molar-refractivity contribution in [3.63, 3.8) is 0 Å². The van der Waals surface area contributed by atoms with Crippen LogP contribution < -0.4 is 23.8 Å². The normalized spacial score (nSPS) is 16.4. The third kappa shape index (κ3) is 4.89. The number of amides is 1. The molecule has 0 spiro atoms. The number of rotatable bonds is 9. The van der Waals surface area contributed by atoms with Crippen LogP contribution in [0.1, 0.15) is 36.6 Å². The Labute approximate surface area is 222 Å². The summed E-state index contributed by atoms with van der Waals surface area (Å²) in [6.07, 6.45) is 0. The summed E-state index contributed by atoms with van der Waals surface area (Å²) in [6, 6.07) is 16.3. The van der Waals surface area contributed by atoms with Gasteiger partial charge in [-0.1, -0.05) is 12.1 Å². The van der Waals surface area contributed by atoms with E-state index in [0.29, 0.717) is 53.0 Å². The van der Waals surface area contributed by atoms with Crippen LogP contribution in [0.5, 0.6) is 23.0 Å². The van der Waals surface area contributed by atoms with E-state index in [1.54, 1.807) is 60.7 Å². The van der Waals surface area contributed by atoms with Crippen LogP contribution in [0.15, 0.2) is 66.2 Å². The Bertz CT molecular complexity index is 1400. The van der Waals surface area contributed by atoms with Gasteiger partial charge in [-0.2, -0.15) is 0 Å². The molecule has 0 aromatic heterocycles. The van der Waals surface area contributed by atoms with E-state index in [-0.39, 0.29) is 11.3 Å². The summed E-state index contributed by atoms with van der Waals surface area (Å²) in [5.41, 5.74) is 2.18. The van der Waals surface area contributed by atoms with Gasteiger partial charge >= 0.3 is 0 Å². The van der Waals surface area contributed by atoms with Gasteiger partial charge in [-0.15, -0.1) is 0 Å². The zero-order valence-electron chi connectivity index (χ0n) is 22.1. The van der Waals surface area contributed by atoms with Crippen LogP contribution in [-0.2, 0) is 9.59 Å². The van der Waals surface area contributed by atoms with Crippen molar-refractivity contribution in [1.29, 1.82) is 0 Å². The zero-order chi connectivity index (χ0) is 27.4. The highest BCUT2D eigenvalue weighted by Crippen LogP contribution is 2.44. The highest BCUT2D eigenvalue weighted by atomic mass is 16.5. The molecular weight excluding hydrogens is 486 g/mol. The van der Waals surface area contributed by atoms with Gasteiger partial charge in [-0.3, -0.25) is 14.5 Å². The fourth-order valence-electron chi connectivity index (χ4n) is 4.60. The molecule has 198 valence electrons. The molecular formula is C30H31NO7. The van der Waals surface area contributed by atoms with E-state index in [0.717, 1.165) is 5.56 Å². The molecule has 3 aromatic rings. The fourth-order valence-corrected chi connectivity index (χ4v) is 4.60. The number of Topliss-reactive ketones (excluding diaryl/α,β-unsaturated/α-hetero) is 1. The lowest BCUT2D eigenvalue weighted by Gasteiger charge is -2.26. The molecule has 8 nitrogen and oxygen atoms in total. The van der Waals surface area contributed by atoms with E-state index in [4.69, 9.17) is 18.9 Å². The number of aliphatic hydroxyl groups excluding tert-OH is 1. The maximum absolute atomic E-state index is 13.5. The number of ketones is 1. The van der Waals surface area contributed by atoms with Crippen molar-refractivity contribution in [3.8, 4) is 23.0 Å². The lowest BCUT2D eigenvalue weighted by molar-refractivity contribution is -0.132. The van der Waals surface area contributed by atoms with E-state index in [9.17, 15) is 14.7 Å². The van der Waals surface area contributed by atoms with E-state index in [1.807, 2.05) is 20.8 Å². The number of hydrogen-bond acceptors (Lipinski definition) is 7. The van der Waals surface area contributed by atoms with Gasteiger partial charge in [-0.05, 0) is 74.4 Å². The number of benzene rings is 3. The number of ether oxygens (including phenoxy) is 4. The van der Waals surface area contributed by atoms with Crippen molar-refractivity contribution in [2.24, 2.45) is 0 Å². The summed E-state index contributed by atoms with van der Waals surface area (Å²) in [4.78, 5) is 28.4. The topological polar surface area (TPSA) is 94.5 Å². The predicted octanol–water partition coefficient (Wildman–Crippen LogP) is 5.44. The Kier molecular flexibility index (Phi) is 7.90. The second kappa shape index (κ2) is 11.3. The van der Waals surface area contributed by atoms with Crippen LogP contribution >= 0.6 is 0 Å². The molecule has 1 atom stereocenters. The van der Waals surface area contributed by atoms with E-state index in [1.165, 1.54) is 19.1 Å².